The minimum atomic E-state index is 0. The molecule has 1 aliphatic heterocycles. The van der Waals surface area contributed by atoms with Crippen molar-refractivity contribution >= 4 is 12.4 Å². The third-order valence-corrected chi connectivity index (χ3v) is 5.28. The number of halogens is 1. The Kier molecular flexibility index (Phi) is 4.47. The summed E-state index contributed by atoms with van der Waals surface area (Å²) < 4.78 is 10.8. The summed E-state index contributed by atoms with van der Waals surface area (Å²) >= 11 is 0. The molecule has 134 valence electrons. The van der Waals surface area contributed by atoms with Crippen molar-refractivity contribution in [1.29, 1.82) is 0 Å². The van der Waals surface area contributed by atoms with Gasteiger partial charge >= 0.3 is 0 Å². The van der Waals surface area contributed by atoms with E-state index >= 15 is 0 Å². The number of hydrogen-bond acceptors (Lipinski definition) is 5. The van der Waals surface area contributed by atoms with Crippen LogP contribution in [0, 0.1) is 0 Å². The lowest BCUT2D eigenvalue weighted by Crippen LogP contribution is -2.35. The smallest absolute Gasteiger partial charge is 0.168 e. The Balaban J connectivity index is 0.00000182. The minimum absolute atomic E-state index is 0. The quantitative estimate of drug-likeness (QED) is 0.857. The Morgan fingerprint density at radius 1 is 1.04 bits per heavy atom. The van der Waals surface area contributed by atoms with Gasteiger partial charge in [0, 0.05) is 18.2 Å². The molecule has 2 aromatic rings. The molecule has 0 saturated heterocycles. The first-order valence-corrected chi connectivity index (χ1v) is 8.08. The summed E-state index contributed by atoms with van der Waals surface area (Å²) in [6.45, 7) is 0.945. The Morgan fingerprint density at radius 2 is 1.76 bits per heavy atom. The van der Waals surface area contributed by atoms with Crippen LogP contribution in [0.5, 0.6) is 23.0 Å². The molecule has 2 aliphatic rings. The number of likely N-dealkylation sites (N-methyl/N-ethyl adjacent to an activating group) is 1. The zero-order valence-corrected chi connectivity index (χ0v) is 15.3. The van der Waals surface area contributed by atoms with E-state index in [0.29, 0.717) is 11.5 Å². The topological polar surface area (TPSA) is 62.2 Å². The second-order valence-corrected chi connectivity index (χ2v) is 6.51. The fourth-order valence-corrected chi connectivity index (χ4v) is 4.10. The molecular weight excluding hydrogens is 342 g/mol. The van der Waals surface area contributed by atoms with Gasteiger partial charge < -0.3 is 19.7 Å². The van der Waals surface area contributed by atoms with Crippen molar-refractivity contribution in [2.45, 2.75) is 18.9 Å². The number of hydrogen-bond donors (Lipinski definition) is 2. The molecule has 0 spiro atoms. The highest BCUT2D eigenvalue weighted by Crippen LogP contribution is 2.53. The number of aromatic hydroxyl groups is 2. The molecule has 5 nitrogen and oxygen atoms in total. The van der Waals surface area contributed by atoms with Crippen molar-refractivity contribution in [3.63, 3.8) is 0 Å². The first kappa shape index (κ1) is 17.7. The van der Waals surface area contributed by atoms with Crippen molar-refractivity contribution in [3.05, 3.63) is 34.9 Å². The molecule has 0 unspecified atom stereocenters. The third-order valence-electron chi connectivity index (χ3n) is 5.28. The van der Waals surface area contributed by atoms with Gasteiger partial charge in [0.1, 0.15) is 0 Å². The highest BCUT2D eigenvalue weighted by molar-refractivity contribution is 5.85. The van der Waals surface area contributed by atoms with Crippen LogP contribution in [-0.4, -0.2) is 42.9 Å². The van der Waals surface area contributed by atoms with Gasteiger partial charge in [-0.1, -0.05) is 0 Å². The molecule has 25 heavy (non-hydrogen) atoms. The summed E-state index contributed by atoms with van der Waals surface area (Å²) in [5, 5.41) is 20.6. The molecule has 0 saturated carbocycles. The van der Waals surface area contributed by atoms with E-state index in [1.165, 1.54) is 18.2 Å². The number of phenols is 2. The van der Waals surface area contributed by atoms with E-state index < -0.39 is 0 Å². The van der Waals surface area contributed by atoms with Crippen molar-refractivity contribution in [1.82, 2.24) is 4.90 Å². The third kappa shape index (κ3) is 2.50. The molecule has 1 heterocycles. The summed E-state index contributed by atoms with van der Waals surface area (Å²) in [7, 11) is 5.23. The van der Waals surface area contributed by atoms with Crippen LogP contribution in [0.2, 0.25) is 0 Å². The molecule has 0 aromatic heterocycles. The molecule has 1 aliphatic carbocycles. The zero-order chi connectivity index (χ0) is 17.0. The predicted octanol–water partition coefficient (Wildman–Crippen LogP) is 3.29. The van der Waals surface area contributed by atoms with Crippen molar-refractivity contribution < 1.29 is 19.7 Å². The molecule has 1 atom stereocenters. The maximum absolute atomic E-state index is 10.4. The first-order chi connectivity index (χ1) is 11.5. The molecular formula is C19H22ClNO4. The van der Waals surface area contributed by atoms with Gasteiger partial charge in [0.2, 0.25) is 0 Å². The Morgan fingerprint density at radius 3 is 2.44 bits per heavy atom. The van der Waals surface area contributed by atoms with Gasteiger partial charge in [-0.05, 0) is 60.3 Å². The van der Waals surface area contributed by atoms with Crippen LogP contribution in [0.3, 0.4) is 0 Å². The lowest BCUT2D eigenvalue weighted by Gasteiger charge is -2.40. The monoisotopic (exact) mass is 363 g/mol. The molecule has 6 heteroatoms. The number of ether oxygens (including phenoxy) is 2. The van der Waals surface area contributed by atoms with Crippen LogP contribution in [-0.2, 0) is 12.8 Å². The average Bonchev–Trinajstić information content (AvgIpc) is 2.57. The molecule has 0 fully saturated rings. The Hall–Kier alpha value is -2.11. The number of phenolic OH excluding ortho intramolecular Hbond substituents is 2. The average molecular weight is 364 g/mol. The van der Waals surface area contributed by atoms with Gasteiger partial charge in [-0.3, -0.25) is 4.90 Å². The van der Waals surface area contributed by atoms with Gasteiger partial charge in [-0.2, -0.15) is 0 Å². The summed E-state index contributed by atoms with van der Waals surface area (Å²) in [5.74, 6) is 1.21. The molecule has 0 bridgehead atoms. The summed E-state index contributed by atoms with van der Waals surface area (Å²) in [6.07, 6.45) is 1.72. The predicted molar refractivity (Wildman–Crippen MR) is 98.3 cm³/mol. The molecule has 0 radical (unpaired) electrons. The number of benzene rings is 2. The van der Waals surface area contributed by atoms with Gasteiger partial charge in [0.25, 0.3) is 0 Å². The van der Waals surface area contributed by atoms with E-state index in [1.807, 2.05) is 12.1 Å². The standard InChI is InChI=1S/C19H21NO4.ClH/c1-20-5-4-10-7-15(22)19(24-3)18-12-9-16(23-2)14(21)8-11(12)6-13(20)17(10)18;/h7-9,13,21-22H,4-6H2,1-3H3;1H/t13-;/m0./s1. The molecule has 2 N–H and O–H groups in total. The lowest BCUT2D eigenvalue weighted by molar-refractivity contribution is 0.226. The number of rotatable bonds is 2. The molecule has 0 amide bonds. The van der Waals surface area contributed by atoms with Crippen LogP contribution < -0.4 is 9.47 Å². The minimum Gasteiger partial charge on any atom is -0.504 e. The van der Waals surface area contributed by atoms with Gasteiger partial charge in [0.05, 0.1) is 14.2 Å². The van der Waals surface area contributed by atoms with Crippen LogP contribution in [0.15, 0.2) is 18.2 Å². The normalized spacial score (nSPS) is 18.0. The van der Waals surface area contributed by atoms with E-state index in [-0.39, 0.29) is 29.9 Å². The van der Waals surface area contributed by atoms with E-state index in [0.717, 1.165) is 36.1 Å². The Bertz CT molecular complexity index is 837. The van der Waals surface area contributed by atoms with Crippen LogP contribution >= 0.6 is 12.4 Å². The van der Waals surface area contributed by atoms with Crippen LogP contribution in [0.1, 0.15) is 22.7 Å². The van der Waals surface area contributed by atoms with Crippen molar-refractivity contribution in [3.8, 4) is 34.1 Å². The van der Waals surface area contributed by atoms with E-state index in [4.69, 9.17) is 9.47 Å². The second kappa shape index (κ2) is 6.32. The summed E-state index contributed by atoms with van der Waals surface area (Å²) in [4.78, 5) is 2.33. The SMILES string of the molecule is COc1cc2c(cc1O)C[C@H]1c3c(cc(O)c(OC)c3-2)CCN1C.Cl. The van der Waals surface area contributed by atoms with Crippen molar-refractivity contribution in [2.24, 2.45) is 0 Å². The maximum Gasteiger partial charge on any atom is 0.168 e. The van der Waals surface area contributed by atoms with Crippen molar-refractivity contribution in [2.75, 3.05) is 27.8 Å². The van der Waals surface area contributed by atoms with Crippen LogP contribution in [0.25, 0.3) is 11.1 Å². The highest BCUT2D eigenvalue weighted by Gasteiger charge is 2.36. The zero-order valence-electron chi connectivity index (χ0n) is 14.5. The first-order valence-electron chi connectivity index (χ1n) is 8.08. The summed E-state index contributed by atoms with van der Waals surface area (Å²) in [5.41, 5.74) is 5.31. The summed E-state index contributed by atoms with van der Waals surface area (Å²) in [6, 6.07) is 5.66. The van der Waals surface area contributed by atoms with Gasteiger partial charge in [-0.15, -0.1) is 12.4 Å². The lowest BCUT2D eigenvalue weighted by atomic mass is 9.76. The Labute approximate surface area is 153 Å². The number of fused-ring (bicyclic) bond motifs is 2. The second-order valence-electron chi connectivity index (χ2n) is 6.51. The van der Waals surface area contributed by atoms with Gasteiger partial charge in [-0.25, -0.2) is 0 Å². The van der Waals surface area contributed by atoms with E-state index in [1.54, 1.807) is 13.2 Å². The number of nitrogens with zero attached hydrogens (tertiary/aromatic N) is 1. The fraction of sp³-hybridized carbons (Fsp3) is 0.368. The highest BCUT2D eigenvalue weighted by atomic mass is 35.5. The molecule has 2 aromatic carbocycles. The van der Waals surface area contributed by atoms with E-state index in [2.05, 4.69) is 11.9 Å². The number of methoxy groups -OCH3 is 2. The van der Waals surface area contributed by atoms with Gasteiger partial charge in [0.15, 0.2) is 23.0 Å². The largest absolute Gasteiger partial charge is 0.504 e. The van der Waals surface area contributed by atoms with Crippen LogP contribution in [0.4, 0.5) is 0 Å². The molecule has 4 rings (SSSR count). The van der Waals surface area contributed by atoms with E-state index in [9.17, 15) is 10.2 Å². The maximum atomic E-state index is 10.4. The fourth-order valence-electron chi connectivity index (χ4n) is 4.10.